The Hall–Kier alpha value is -1.63. The summed E-state index contributed by atoms with van der Waals surface area (Å²) in [6.45, 7) is 1.79. The molecular weight excluding hydrogens is 249 g/mol. The molecule has 1 aromatic heterocycles. The fourth-order valence-electron chi connectivity index (χ4n) is 1.33. The molecule has 1 aromatic rings. The van der Waals surface area contributed by atoms with Crippen molar-refractivity contribution in [2.45, 2.75) is 25.6 Å². The number of halogens is 3. The highest BCUT2D eigenvalue weighted by Crippen LogP contribution is 2.27. The molecule has 2 N–H and O–H groups in total. The largest absolute Gasteiger partial charge is 0.461 e. The number of aromatic nitrogens is 1. The molecule has 0 radical (unpaired) electrons. The van der Waals surface area contributed by atoms with Gasteiger partial charge in [-0.1, -0.05) is 6.07 Å². The van der Waals surface area contributed by atoms with Crippen molar-refractivity contribution in [3.05, 3.63) is 29.6 Å². The lowest BCUT2D eigenvalue weighted by Crippen LogP contribution is -2.22. The van der Waals surface area contributed by atoms with Gasteiger partial charge in [-0.05, 0) is 19.1 Å². The van der Waals surface area contributed by atoms with Crippen molar-refractivity contribution in [1.29, 1.82) is 0 Å². The summed E-state index contributed by atoms with van der Waals surface area (Å²) >= 11 is 0. The molecule has 1 rings (SSSR count). The summed E-state index contributed by atoms with van der Waals surface area (Å²) in [6, 6.07) is 2.84. The Morgan fingerprint density at radius 3 is 2.72 bits per heavy atom. The number of alkyl halides is 3. The normalized spacial score (nSPS) is 13.2. The molecule has 100 valence electrons. The summed E-state index contributed by atoms with van der Waals surface area (Å²) in [5.74, 6) is -0.682. The molecule has 0 fully saturated rings. The first-order chi connectivity index (χ1) is 8.33. The zero-order valence-corrected chi connectivity index (χ0v) is 9.70. The summed E-state index contributed by atoms with van der Waals surface area (Å²) in [5, 5.41) is 0. The summed E-state index contributed by atoms with van der Waals surface area (Å²) < 4.78 is 41.2. The standard InChI is InChI=1S/C11H13F3N2O2/c1-2-18-10(17)9-5-3-4-8(16-9)7(15)6-11(12,13)14/h3-5,7H,2,6,15H2,1H3/t7-/m0/s1. The van der Waals surface area contributed by atoms with E-state index in [9.17, 15) is 18.0 Å². The van der Waals surface area contributed by atoms with Gasteiger partial charge in [-0.25, -0.2) is 9.78 Å². The number of hydrogen-bond donors (Lipinski definition) is 1. The average Bonchev–Trinajstić information content (AvgIpc) is 2.27. The Morgan fingerprint density at radius 1 is 1.50 bits per heavy atom. The van der Waals surface area contributed by atoms with Crippen LogP contribution in [0.2, 0.25) is 0 Å². The number of nitrogens with zero attached hydrogens (tertiary/aromatic N) is 1. The second-order valence-electron chi connectivity index (χ2n) is 3.59. The van der Waals surface area contributed by atoms with Gasteiger partial charge in [0.2, 0.25) is 0 Å². The highest BCUT2D eigenvalue weighted by Gasteiger charge is 2.31. The van der Waals surface area contributed by atoms with E-state index in [1.54, 1.807) is 6.92 Å². The number of esters is 1. The van der Waals surface area contributed by atoms with Crippen LogP contribution in [0.25, 0.3) is 0 Å². The van der Waals surface area contributed by atoms with Crippen LogP contribution in [-0.4, -0.2) is 23.7 Å². The van der Waals surface area contributed by atoms with Gasteiger partial charge < -0.3 is 10.5 Å². The van der Waals surface area contributed by atoms with E-state index in [4.69, 9.17) is 10.5 Å². The lowest BCUT2D eigenvalue weighted by molar-refractivity contribution is -0.138. The van der Waals surface area contributed by atoms with Crippen LogP contribution in [0, 0.1) is 0 Å². The van der Waals surface area contributed by atoms with E-state index in [1.165, 1.54) is 18.2 Å². The fourth-order valence-corrected chi connectivity index (χ4v) is 1.33. The van der Waals surface area contributed by atoms with Crippen molar-refractivity contribution in [2.24, 2.45) is 5.73 Å². The number of pyridine rings is 1. The zero-order valence-electron chi connectivity index (χ0n) is 9.70. The fraction of sp³-hybridized carbons (Fsp3) is 0.455. The lowest BCUT2D eigenvalue weighted by atomic mass is 10.1. The molecule has 4 nitrogen and oxygen atoms in total. The first kappa shape index (κ1) is 14.4. The van der Waals surface area contributed by atoms with Gasteiger partial charge in [-0.15, -0.1) is 0 Å². The lowest BCUT2D eigenvalue weighted by Gasteiger charge is -2.14. The maximum atomic E-state index is 12.2. The topological polar surface area (TPSA) is 65.2 Å². The number of carbonyl (C=O) groups excluding carboxylic acids is 1. The number of ether oxygens (including phenoxy) is 1. The Balaban J connectivity index is 2.84. The summed E-state index contributed by atoms with van der Waals surface area (Å²) in [7, 11) is 0. The molecule has 7 heteroatoms. The minimum atomic E-state index is -4.37. The van der Waals surface area contributed by atoms with Crippen molar-refractivity contribution in [1.82, 2.24) is 4.98 Å². The molecule has 0 spiro atoms. The highest BCUT2D eigenvalue weighted by atomic mass is 19.4. The van der Waals surface area contributed by atoms with Crippen LogP contribution in [0.15, 0.2) is 18.2 Å². The Kier molecular flexibility index (Phi) is 4.66. The van der Waals surface area contributed by atoms with Gasteiger partial charge in [-0.2, -0.15) is 13.2 Å². The molecule has 0 amide bonds. The van der Waals surface area contributed by atoms with Gasteiger partial charge >= 0.3 is 12.1 Å². The number of rotatable bonds is 4. The van der Waals surface area contributed by atoms with Crippen LogP contribution >= 0.6 is 0 Å². The Morgan fingerprint density at radius 2 is 2.17 bits per heavy atom. The van der Waals surface area contributed by atoms with E-state index >= 15 is 0 Å². The molecule has 0 saturated heterocycles. The summed E-state index contributed by atoms with van der Waals surface area (Å²) in [4.78, 5) is 15.1. The van der Waals surface area contributed by atoms with Crippen molar-refractivity contribution in [2.75, 3.05) is 6.61 Å². The second-order valence-corrected chi connectivity index (χ2v) is 3.59. The number of carbonyl (C=O) groups is 1. The molecule has 0 aliphatic carbocycles. The van der Waals surface area contributed by atoms with Gasteiger partial charge in [-0.3, -0.25) is 0 Å². The second kappa shape index (κ2) is 5.81. The van der Waals surface area contributed by atoms with Gasteiger partial charge in [0.15, 0.2) is 0 Å². The van der Waals surface area contributed by atoms with Gasteiger partial charge in [0.25, 0.3) is 0 Å². The molecule has 0 unspecified atom stereocenters. The van der Waals surface area contributed by atoms with Crippen LogP contribution in [0.3, 0.4) is 0 Å². The summed E-state index contributed by atoms with van der Waals surface area (Å²) in [6.07, 6.45) is -5.56. The molecule has 0 aliphatic rings. The van der Waals surface area contributed by atoms with Crippen molar-refractivity contribution < 1.29 is 22.7 Å². The SMILES string of the molecule is CCOC(=O)c1cccc([C@@H](N)CC(F)(F)F)n1. The van der Waals surface area contributed by atoms with Gasteiger partial charge in [0.1, 0.15) is 5.69 Å². The van der Waals surface area contributed by atoms with Crippen LogP contribution in [-0.2, 0) is 4.74 Å². The quantitative estimate of drug-likeness (QED) is 0.845. The third-order valence-corrected chi connectivity index (χ3v) is 2.09. The van der Waals surface area contributed by atoms with Crippen molar-refractivity contribution in [3.8, 4) is 0 Å². The van der Waals surface area contributed by atoms with Crippen LogP contribution in [0.4, 0.5) is 13.2 Å². The van der Waals surface area contributed by atoms with E-state index in [0.717, 1.165) is 0 Å². The molecule has 0 aromatic carbocycles. The van der Waals surface area contributed by atoms with E-state index in [2.05, 4.69) is 4.98 Å². The van der Waals surface area contributed by atoms with Crippen molar-refractivity contribution in [3.63, 3.8) is 0 Å². The predicted octanol–water partition coefficient (Wildman–Crippen LogP) is 2.21. The van der Waals surface area contributed by atoms with Crippen LogP contribution in [0.1, 0.15) is 35.6 Å². The molecule has 0 bridgehead atoms. The highest BCUT2D eigenvalue weighted by molar-refractivity contribution is 5.87. The predicted molar refractivity (Wildman–Crippen MR) is 57.8 cm³/mol. The van der Waals surface area contributed by atoms with E-state index in [0.29, 0.717) is 0 Å². The monoisotopic (exact) mass is 262 g/mol. The molecule has 0 aliphatic heterocycles. The molecule has 1 heterocycles. The first-order valence-electron chi connectivity index (χ1n) is 5.30. The minimum absolute atomic E-state index is 0.0119. The first-order valence-corrected chi connectivity index (χ1v) is 5.30. The molecular formula is C11H13F3N2O2. The molecule has 1 atom stereocenters. The third kappa shape index (κ3) is 4.33. The van der Waals surface area contributed by atoms with E-state index < -0.39 is 24.6 Å². The Bertz CT molecular complexity index is 421. The molecule has 0 saturated carbocycles. The Labute approximate surface area is 102 Å². The maximum Gasteiger partial charge on any atom is 0.390 e. The summed E-state index contributed by atoms with van der Waals surface area (Å²) in [5.41, 5.74) is 5.35. The van der Waals surface area contributed by atoms with Crippen LogP contribution in [0.5, 0.6) is 0 Å². The van der Waals surface area contributed by atoms with E-state index in [-0.39, 0.29) is 18.0 Å². The van der Waals surface area contributed by atoms with E-state index in [1.807, 2.05) is 0 Å². The minimum Gasteiger partial charge on any atom is -0.461 e. The smallest absolute Gasteiger partial charge is 0.390 e. The zero-order chi connectivity index (χ0) is 13.8. The maximum absolute atomic E-state index is 12.2. The van der Waals surface area contributed by atoms with Gasteiger partial charge in [0.05, 0.1) is 24.8 Å². The number of nitrogens with two attached hydrogens (primary N) is 1. The average molecular weight is 262 g/mol. The van der Waals surface area contributed by atoms with Crippen molar-refractivity contribution >= 4 is 5.97 Å². The molecule has 18 heavy (non-hydrogen) atoms. The number of hydrogen-bond acceptors (Lipinski definition) is 4. The van der Waals surface area contributed by atoms with Gasteiger partial charge in [0, 0.05) is 0 Å². The van der Waals surface area contributed by atoms with Crippen LogP contribution < -0.4 is 5.73 Å². The third-order valence-electron chi connectivity index (χ3n) is 2.09.